The summed E-state index contributed by atoms with van der Waals surface area (Å²) in [5, 5.41) is 0. The van der Waals surface area contributed by atoms with Gasteiger partial charge in [-0.25, -0.2) is 0 Å². The van der Waals surface area contributed by atoms with Crippen LogP contribution in [0.25, 0.3) is 0 Å². The fourth-order valence-corrected chi connectivity index (χ4v) is 6.29. The van der Waals surface area contributed by atoms with E-state index >= 15 is 0 Å². The third-order valence-electron chi connectivity index (χ3n) is 7.06. The van der Waals surface area contributed by atoms with Crippen LogP contribution in [0, 0.1) is 22.2 Å². The van der Waals surface area contributed by atoms with Gasteiger partial charge in [-0.15, -0.1) is 6.58 Å². The van der Waals surface area contributed by atoms with Crippen LogP contribution in [0.4, 0.5) is 0 Å². The van der Waals surface area contributed by atoms with E-state index in [4.69, 9.17) is 4.74 Å². The lowest BCUT2D eigenvalue weighted by molar-refractivity contribution is -0.161. The average Bonchev–Trinajstić information content (AvgIpc) is 2.43. The van der Waals surface area contributed by atoms with Crippen molar-refractivity contribution in [3.05, 3.63) is 23.8 Å². The van der Waals surface area contributed by atoms with Crippen LogP contribution in [0.15, 0.2) is 23.8 Å². The summed E-state index contributed by atoms with van der Waals surface area (Å²) in [6.07, 6.45) is 7.16. The summed E-state index contributed by atoms with van der Waals surface area (Å²) in [5.74, 6) is 0.273. The van der Waals surface area contributed by atoms with E-state index < -0.39 is 0 Å². The average molecular weight is 344 g/mol. The summed E-state index contributed by atoms with van der Waals surface area (Å²) in [6.45, 7) is 14.4. The minimum Gasteiger partial charge on any atom is -0.462 e. The first-order chi connectivity index (χ1) is 11.5. The number of hydrogen-bond donors (Lipinski definition) is 0. The van der Waals surface area contributed by atoms with Gasteiger partial charge in [0.25, 0.3) is 0 Å². The van der Waals surface area contributed by atoms with Crippen LogP contribution < -0.4 is 0 Å². The third-order valence-corrected chi connectivity index (χ3v) is 7.06. The zero-order valence-corrected chi connectivity index (χ0v) is 16.4. The summed E-state index contributed by atoms with van der Waals surface area (Å²) in [6, 6.07) is 0. The monoisotopic (exact) mass is 344 g/mol. The molecule has 0 heterocycles. The van der Waals surface area contributed by atoms with Crippen molar-refractivity contribution in [3.8, 4) is 0 Å². The lowest BCUT2D eigenvalue weighted by Crippen LogP contribution is -2.55. The molecule has 4 atom stereocenters. The number of carbonyl (C=O) groups excluding carboxylic acids is 2. The van der Waals surface area contributed by atoms with E-state index in [0.717, 1.165) is 31.3 Å². The quantitative estimate of drug-likeness (QED) is 0.522. The van der Waals surface area contributed by atoms with Gasteiger partial charge in [-0.3, -0.25) is 9.59 Å². The van der Waals surface area contributed by atoms with Gasteiger partial charge in [-0.1, -0.05) is 45.8 Å². The van der Waals surface area contributed by atoms with Crippen LogP contribution in [0.5, 0.6) is 0 Å². The normalized spacial score (nSPS) is 40.1. The molecule has 0 aromatic heterocycles. The van der Waals surface area contributed by atoms with Gasteiger partial charge in [0.2, 0.25) is 0 Å². The minimum absolute atomic E-state index is 0.0606. The first kappa shape index (κ1) is 18.4. The van der Waals surface area contributed by atoms with Crippen molar-refractivity contribution in [3.63, 3.8) is 0 Å². The lowest BCUT2D eigenvalue weighted by Gasteiger charge is -2.58. The SMILES string of the molecule is C=CC1(C)CC(=O)C2=C(CC(OC(C)=O)C3C(C)(C)CCCC23C)C1. The molecule has 25 heavy (non-hydrogen) atoms. The number of ether oxygens (including phenoxy) is 1. The van der Waals surface area contributed by atoms with Gasteiger partial charge in [0, 0.05) is 36.7 Å². The van der Waals surface area contributed by atoms with Crippen LogP contribution in [0.2, 0.25) is 0 Å². The summed E-state index contributed by atoms with van der Waals surface area (Å²) in [4.78, 5) is 25.0. The van der Waals surface area contributed by atoms with Crippen molar-refractivity contribution >= 4 is 11.8 Å². The van der Waals surface area contributed by atoms with Crippen molar-refractivity contribution < 1.29 is 14.3 Å². The summed E-state index contributed by atoms with van der Waals surface area (Å²) < 4.78 is 5.84. The highest BCUT2D eigenvalue weighted by Crippen LogP contribution is 2.62. The zero-order valence-electron chi connectivity index (χ0n) is 16.4. The maximum Gasteiger partial charge on any atom is 0.302 e. The predicted molar refractivity (Wildman–Crippen MR) is 99.0 cm³/mol. The first-order valence-electron chi connectivity index (χ1n) is 9.59. The second kappa shape index (κ2) is 5.82. The number of esters is 1. The molecule has 3 aliphatic carbocycles. The maximum atomic E-state index is 13.2. The van der Waals surface area contributed by atoms with Gasteiger partial charge < -0.3 is 4.74 Å². The standard InChI is InChI=1S/C22H32O3/c1-7-21(5)12-15-11-17(25-14(2)23)19-20(3,4)9-8-10-22(19,6)18(15)16(24)13-21/h7,17,19H,1,8-13H2,2-6H3. The molecule has 0 saturated heterocycles. The first-order valence-corrected chi connectivity index (χ1v) is 9.59. The second-order valence-corrected chi connectivity index (χ2v) is 9.70. The molecule has 0 bridgehead atoms. The van der Waals surface area contributed by atoms with E-state index in [1.807, 2.05) is 6.08 Å². The molecule has 0 amide bonds. The highest BCUT2D eigenvalue weighted by molar-refractivity contribution is 5.99. The molecule has 1 saturated carbocycles. The molecule has 0 N–H and O–H groups in total. The molecule has 138 valence electrons. The van der Waals surface area contributed by atoms with Crippen molar-refractivity contribution in [2.45, 2.75) is 79.2 Å². The number of Topliss-reactive ketones (excluding diaryl/α,β-unsaturated/α-hetero) is 1. The van der Waals surface area contributed by atoms with E-state index in [1.54, 1.807) is 0 Å². The van der Waals surface area contributed by atoms with Crippen LogP contribution in [-0.2, 0) is 14.3 Å². The number of rotatable bonds is 2. The van der Waals surface area contributed by atoms with Gasteiger partial charge in [0.15, 0.2) is 5.78 Å². The molecule has 0 aromatic rings. The van der Waals surface area contributed by atoms with Crippen molar-refractivity contribution in [2.24, 2.45) is 22.2 Å². The lowest BCUT2D eigenvalue weighted by atomic mass is 9.47. The molecule has 3 nitrogen and oxygen atoms in total. The van der Waals surface area contributed by atoms with E-state index in [9.17, 15) is 9.59 Å². The number of allylic oxidation sites excluding steroid dienone is 2. The zero-order chi connectivity index (χ0) is 18.6. The van der Waals surface area contributed by atoms with E-state index in [2.05, 4.69) is 34.3 Å². The Morgan fingerprint density at radius 2 is 1.88 bits per heavy atom. The topological polar surface area (TPSA) is 43.4 Å². The van der Waals surface area contributed by atoms with Crippen molar-refractivity contribution in [2.75, 3.05) is 0 Å². The molecule has 0 aliphatic heterocycles. The molecule has 0 aromatic carbocycles. The highest BCUT2D eigenvalue weighted by Gasteiger charge is 2.58. The Balaban J connectivity index is 2.13. The molecule has 3 heteroatoms. The third kappa shape index (κ3) is 2.90. The minimum atomic E-state index is -0.216. The van der Waals surface area contributed by atoms with Gasteiger partial charge in [0.05, 0.1) is 0 Å². The summed E-state index contributed by atoms with van der Waals surface area (Å²) in [7, 11) is 0. The van der Waals surface area contributed by atoms with Gasteiger partial charge in [0.1, 0.15) is 6.10 Å². The van der Waals surface area contributed by atoms with Crippen molar-refractivity contribution in [1.29, 1.82) is 0 Å². The summed E-state index contributed by atoms with van der Waals surface area (Å²) >= 11 is 0. The van der Waals surface area contributed by atoms with E-state index in [-0.39, 0.29) is 40.0 Å². The Labute approximate surface area is 151 Å². The molecular formula is C22H32O3. The molecule has 0 spiro atoms. The Morgan fingerprint density at radius 3 is 2.48 bits per heavy atom. The largest absolute Gasteiger partial charge is 0.462 e. The van der Waals surface area contributed by atoms with Gasteiger partial charge in [-0.2, -0.15) is 0 Å². The molecule has 3 rings (SSSR count). The Kier molecular flexibility index (Phi) is 4.29. The molecule has 0 radical (unpaired) electrons. The number of ketones is 1. The highest BCUT2D eigenvalue weighted by atomic mass is 16.5. The second-order valence-electron chi connectivity index (χ2n) is 9.70. The molecule has 1 fully saturated rings. The number of fused-ring (bicyclic) bond motifs is 2. The summed E-state index contributed by atoms with van der Waals surface area (Å²) in [5.41, 5.74) is 1.97. The molecule has 3 aliphatic rings. The predicted octanol–water partition coefficient (Wildman–Crippen LogP) is 5.01. The fourth-order valence-electron chi connectivity index (χ4n) is 6.29. The molecule has 4 unspecified atom stereocenters. The number of hydrogen-bond acceptors (Lipinski definition) is 3. The Bertz CT molecular complexity index is 656. The van der Waals surface area contributed by atoms with E-state index in [1.165, 1.54) is 12.5 Å². The van der Waals surface area contributed by atoms with Crippen molar-refractivity contribution in [1.82, 2.24) is 0 Å². The van der Waals surface area contributed by atoms with Crippen LogP contribution in [-0.4, -0.2) is 17.9 Å². The van der Waals surface area contributed by atoms with Gasteiger partial charge in [-0.05, 0) is 30.1 Å². The van der Waals surface area contributed by atoms with E-state index in [0.29, 0.717) is 12.8 Å². The maximum absolute atomic E-state index is 13.2. The van der Waals surface area contributed by atoms with Crippen LogP contribution in [0.1, 0.15) is 73.1 Å². The van der Waals surface area contributed by atoms with Crippen LogP contribution in [0.3, 0.4) is 0 Å². The van der Waals surface area contributed by atoms with Gasteiger partial charge >= 0.3 is 5.97 Å². The molecular weight excluding hydrogens is 312 g/mol. The number of carbonyl (C=O) groups is 2. The smallest absolute Gasteiger partial charge is 0.302 e. The Morgan fingerprint density at radius 1 is 1.20 bits per heavy atom. The van der Waals surface area contributed by atoms with Crippen LogP contribution >= 0.6 is 0 Å². The Hall–Kier alpha value is -1.38. The fraction of sp³-hybridized carbons (Fsp3) is 0.727.